The number of benzene rings is 1. The molecule has 1 aliphatic heterocycles. The number of nitrogens with one attached hydrogen (secondary N) is 1. The fourth-order valence-electron chi connectivity index (χ4n) is 4.21. The largest absolute Gasteiger partial charge is 0.352 e. The number of nitrogens with zero attached hydrogens (tertiary/aromatic N) is 4. The van der Waals surface area contributed by atoms with Gasteiger partial charge in [-0.1, -0.05) is 24.3 Å². The Kier molecular flexibility index (Phi) is 5.22. The lowest BCUT2D eigenvalue weighted by atomic mass is 10.0. The molecule has 6 heteroatoms. The van der Waals surface area contributed by atoms with E-state index >= 15 is 0 Å². The molecule has 1 saturated heterocycles. The third-order valence-electron chi connectivity index (χ3n) is 5.62. The number of aromatic nitrogens is 3. The molecular weight excluding hydrogens is 402 g/mol. The topological polar surface area (TPSA) is 46.0 Å². The Morgan fingerprint density at radius 3 is 2.52 bits per heavy atom. The SMILES string of the molecule is Cc1cccc(-n2cccc2[C@@H]2[C@@H](c3ccccn3)NC(=S)N2Cc2ccccn2)c1. The molecule has 1 fully saturated rings. The van der Waals surface area contributed by atoms with Gasteiger partial charge in [-0.2, -0.15) is 0 Å². The molecule has 1 aliphatic rings. The third-order valence-corrected chi connectivity index (χ3v) is 5.97. The van der Waals surface area contributed by atoms with E-state index in [1.807, 2.05) is 42.7 Å². The van der Waals surface area contributed by atoms with Crippen molar-refractivity contribution in [1.29, 1.82) is 0 Å². The van der Waals surface area contributed by atoms with Crippen LogP contribution in [0.25, 0.3) is 5.69 Å². The van der Waals surface area contributed by atoms with Crippen molar-refractivity contribution in [2.75, 3.05) is 0 Å². The van der Waals surface area contributed by atoms with Crippen LogP contribution in [0.3, 0.4) is 0 Å². The monoisotopic (exact) mass is 425 g/mol. The van der Waals surface area contributed by atoms with Gasteiger partial charge in [0.15, 0.2) is 5.11 Å². The molecule has 1 aromatic carbocycles. The summed E-state index contributed by atoms with van der Waals surface area (Å²) in [6.45, 7) is 2.74. The number of aryl methyl sites for hydroxylation is 1. The second kappa shape index (κ2) is 8.32. The summed E-state index contributed by atoms with van der Waals surface area (Å²) in [4.78, 5) is 11.4. The van der Waals surface area contributed by atoms with Crippen molar-refractivity contribution in [2.24, 2.45) is 0 Å². The van der Waals surface area contributed by atoms with Crippen molar-refractivity contribution in [3.05, 3.63) is 114 Å². The average Bonchev–Trinajstić information content (AvgIpc) is 3.40. The van der Waals surface area contributed by atoms with E-state index in [0.29, 0.717) is 11.7 Å². The molecule has 5 rings (SSSR count). The Morgan fingerprint density at radius 1 is 0.935 bits per heavy atom. The average molecular weight is 426 g/mol. The molecule has 4 aromatic rings. The van der Waals surface area contributed by atoms with Gasteiger partial charge in [-0.25, -0.2) is 0 Å². The molecule has 0 aliphatic carbocycles. The smallest absolute Gasteiger partial charge is 0.170 e. The molecule has 1 N–H and O–H groups in total. The number of hydrogen-bond acceptors (Lipinski definition) is 3. The number of thiocarbonyl (C=S) groups is 1. The highest BCUT2D eigenvalue weighted by Crippen LogP contribution is 2.40. The van der Waals surface area contributed by atoms with Crippen LogP contribution in [0.15, 0.2) is 91.4 Å². The van der Waals surface area contributed by atoms with Gasteiger partial charge in [0.1, 0.15) is 0 Å². The summed E-state index contributed by atoms with van der Waals surface area (Å²) in [6.07, 6.45) is 5.76. The zero-order valence-corrected chi connectivity index (χ0v) is 18.0. The minimum absolute atomic E-state index is 0.0279. The summed E-state index contributed by atoms with van der Waals surface area (Å²) in [5.41, 5.74) is 5.46. The van der Waals surface area contributed by atoms with E-state index in [4.69, 9.17) is 12.2 Å². The molecule has 2 atom stereocenters. The molecule has 0 spiro atoms. The van der Waals surface area contributed by atoms with Gasteiger partial charge in [0, 0.05) is 30.0 Å². The van der Waals surface area contributed by atoms with Crippen LogP contribution in [0.5, 0.6) is 0 Å². The highest BCUT2D eigenvalue weighted by molar-refractivity contribution is 7.80. The van der Waals surface area contributed by atoms with Gasteiger partial charge in [0.25, 0.3) is 0 Å². The van der Waals surface area contributed by atoms with Gasteiger partial charge in [0.05, 0.1) is 30.0 Å². The summed E-state index contributed by atoms with van der Waals surface area (Å²) in [6, 6.07) is 24.7. The Labute approximate surface area is 187 Å². The van der Waals surface area contributed by atoms with Gasteiger partial charge < -0.3 is 14.8 Å². The molecule has 154 valence electrons. The molecule has 0 bridgehead atoms. The van der Waals surface area contributed by atoms with Crippen molar-refractivity contribution in [3.8, 4) is 5.69 Å². The Bertz CT molecular complexity index is 1190. The third kappa shape index (κ3) is 3.82. The van der Waals surface area contributed by atoms with Gasteiger partial charge in [0.2, 0.25) is 0 Å². The van der Waals surface area contributed by atoms with E-state index in [0.717, 1.165) is 22.8 Å². The van der Waals surface area contributed by atoms with Gasteiger partial charge in [-0.15, -0.1) is 0 Å². The Balaban J connectivity index is 1.61. The molecule has 5 nitrogen and oxygen atoms in total. The fraction of sp³-hybridized carbons (Fsp3) is 0.160. The van der Waals surface area contributed by atoms with Gasteiger partial charge in [-0.05, 0) is 73.2 Å². The lowest BCUT2D eigenvalue weighted by Crippen LogP contribution is -2.30. The van der Waals surface area contributed by atoms with Crippen LogP contribution in [0.2, 0.25) is 0 Å². The van der Waals surface area contributed by atoms with Crippen LogP contribution in [0, 0.1) is 6.92 Å². The van der Waals surface area contributed by atoms with Crippen LogP contribution >= 0.6 is 12.2 Å². The first-order chi connectivity index (χ1) is 15.2. The number of hydrogen-bond donors (Lipinski definition) is 1. The minimum atomic E-state index is -0.0594. The first-order valence-electron chi connectivity index (χ1n) is 10.3. The van der Waals surface area contributed by atoms with E-state index < -0.39 is 0 Å². The maximum atomic E-state index is 5.80. The Hall–Kier alpha value is -3.51. The van der Waals surface area contributed by atoms with Crippen molar-refractivity contribution < 1.29 is 0 Å². The number of pyridine rings is 2. The van der Waals surface area contributed by atoms with Crippen molar-refractivity contribution >= 4 is 17.3 Å². The van der Waals surface area contributed by atoms with Crippen molar-refractivity contribution in [1.82, 2.24) is 24.8 Å². The predicted molar refractivity (Wildman–Crippen MR) is 126 cm³/mol. The molecule has 31 heavy (non-hydrogen) atoms. The van der Waals surface area contributed by atoms with E-state index in [9.17, 15) is 0 Å². The van der Waals surface area contributed by atoms with Crippen LogP contribution in [-0.2, 0) is 6.54 Å². The summed E-state index contributed by atoms with van der Waals surface area (Å²) in [7, 11) is 0. The van der Waals surface area contributed by atoms with Crippen LogP contribution < -0.4 is 5.32 Å². The van der Waals surface area contributed by atoms with Crippen molar-refractivity contribution in [3.63, 3.8) is 0 Å². The van der Waals surface area contributed by atoms with Gasteiger partial charge >= 0.3 is 0 Å². The standard InChI is InChI=1S/C25H23N5S/c1-18-8-6-10-20(16-18)29-15-7-12-22(29)24-23(21-11-3-5-14-27-21)28-25(31)30(24)17-19-9-2-4-13-26-19/h2-16,23-24H,17H2,1H3,(H,28,31)/t23-,24-/m1/s1. The van der Waals surface area contributed by atoms with Crippen LogP contribution in [0.1, 0.15) is 34.7 Å². The van der Waals surface area contributed by atoms with E-state index in [1.54, 1.807) is 0 Å². The van der Waals surface area contributed by atoms with Crippen LogP contribution in [0.4, 0.5) is 0 Å². The zero-order valence-electron chi connectivity index (χ0n) is 17.2. The second-order valence-electron chi connectivity index (χ2n) is 7.72. The zero-order chi connectivity index (χ0) is 21.2. The predicted octanol–water partition coefficient (Wildman–Crippen LogP) is 4.75. The second-order valence-corrected chi connectivity index (χ2v) is 8.10. The van der Waals surface area contributed by atoms with Crippen LogP contribution in [-0.4, -0.2) is 24.5 Å². The minimum Gasteiger partial charge on any atom is -0.352 e. The molecule has 4 heterocycles. The molecule has 0 amide bonds. The van der Waals surface area contributed by atoms with E-state index in [1.165, 1.54) is 5.56 Å². The van der Waals surface area contributed by atoms with Gasteiger partial charge in [-0.3, -0.25) is 9.97 Å². The highest BCUT2D eigenvalue weighted by Gasteiger charge is 2.41. The molecule has 0 radical (unpaired) electrons. The summed E-state index contributed by atoms with van der Waals surface area (Å²) >= 11 is 5.80. The quantitative estimate of drug-likeness (QED) is 0.468. The van der Waals surface area contributed by atoms with Crippen molar-refractivity contribution in [2.45, 2.75) is 25.6 Å². The molecule has 0 unspecified atom stereocenters. The van der Waals surface area contributed by atoms with E-state index in [-0.39, 0.29) is 12.1 Å². The Morgan fingerprint density at radius 2 is 1.77 bits per heavy atom. The fourth-order valence-corrected chi connectivity index (χ4v) is 4.52. The molecule has 3 aromatic heterocycles. The number of rotatable bonds is 5. The lowest BCUT2D eigenvalue weighted by molar-refractivity contribution is 0.299. The summed E-state index contributed by atoms with van der Waals surface area (Å²) in [5.74, 6) is 0. The maximum Gasteiger partial charge on any atom is 0.170 e. The maximum absolute atomic E-state index is 5.80. The lowest BCUT2D eigenvalue weighted by Gasteiger charge is -2.28. The molecule has 0 saturated carbocycles. The highest BCUT2D eigenvalue weighted by atomic mass is 32.1. The normalized spacial score (nSPS) is 18.2. The summed E-state index contributed by atoms with van der Waals surface area (Å²) < 4.78 is 2.24. The molecular formula is C25H23N5S. The first-order valence-corrected chi connectivity index (χ1v) is 10.7. The van der Waals surface area contributed by atoms with E-state index in [2.05, 4.69) is 80.3 Å². The summed E-state index contributed by atoms with van der Waals surface area (Å²) in [5, 5.41) is 4.23. The first kappa shape index (κ1) is 19.5.